The Balaban J connectivity index is 0.000000874. The summed E-state index contributed by atoms with van der Waals surface area (Å²) in [5.74, 6) is 0.928. The van der Waals surface area contributed by atoms with Crippen molar-refractivity contribution in [3.05, 3.63) is 89.5 Å². The topological polar surface area (TPSA) is 124 Å². The maximum atomic E-state index is 13.2. The summed E-state index contributed by atoms with van der Waals surface area (Å²) in [7, 11) is -3.67. The van der Waals surface area contributed by atoms with Gasteiger partial charge >= 0.3 is 11.9 Å². The van der Waals surface area contributed by atoms with Crippen molar-refractivity contribution in [1.29, 1.82) is 0 Å². The highest BCUT2D eigenvalue weighted by Crippen LogP contribution is 2.35. The minimum absolute atomic E-state index is 0.270. The van der Waals surface area contributed by atoms with E-state index in [-0.39, 0.29) is 11.9 Å². The fraction of sp³-hybridized carbons (Fsp3) is 0.421. The number of fused-ring (bicyclic) bond motifs is 3. The smallest absolute Gasteiger partial charge is 0.344 e. The first-order valence-corrected chi connectivity index (χ1v) is 18.7. The van der Waals surface area contributed by atoms with E-state index in [0.29, 0.717) is 54.9 Å². The molecule has 2 aliphatic heterocycles. The summed E-state index contributed by atoms with van der Waals surface area (Å²) in [4.78, 5) is 28.5. The lowest BCUT2D eigenvalue weighted by Crippen LogP contribution is -2.35. The number of carbonyl (C=O) groups excluding carboxylic acids is 2. The van der Waals surface area contributed by atoms with Crippen molar-refractivity contribution in [3.8, 4) is 17.0 Å². The van der Waals surface area contributed by atoms with Gasteiger partial charge in [0.05, 0.1) is 37.2 Å². The van der Waals surface area contributed by atoms with E-state index in [2.05, 4.69) is 47.6 Å². The van der Waals surface area contributed by atoms with Crippen molar-refractivity contribution in [1.82, 2.24) is 9.47 Å². The normalized spacial score (nSPS) is 15.2. The van der Waals surface area contributed by atoms with Crippen molar-refractivity contribution < 1.29 is 36.8 Å². The standard InChI is InChI=1S/C37H42N2O5.CH4O3S/c1-26(2)18-23-43-36(40)31-9-4-3-8-30(31)29-14-12-27(13-15-29)24-38-20-16-28(17-21-38)25-44-37(41)34-32-10-5-6-11-33(32)39-19-7-22-42-35(34)39;1-5(2,3)4/h3-6,8-15,26,28H,7,16-25H2,1-2H3;1H3,(H,2,3,4). The molecule has 262 valence electrons. The predicted octanol–water partition coefficient (Wildman–Crippen LogP) is 6.87. The minimum atomic E-state index is -3.67. The number of rotatable bonds is 10. The highest BCUT2D eigenvalue weighted by molar-refractivity contribution is 7.85. The molecule has 0 radical (unpaired) electrons. The van der Waals surface area contributed by atoms with Crippen molar-refractivity contribution in [2.45, 2.75) is 52.6 Å². The first kappa shape index (κ1) is 36.1. The maximum absolute atomic E-state index is 13.2. The zero-order chi connectivity index (χ0) is 35.0. The SMILES string of the molecule is CC(C)CCOC(=O)c1ccccc1-c1ccc(CN2CCC(COC(=O)c3c4n(c5ccccc35)CCCO4)CC2)cc1.CS(=O)(=O)O. The predicted molar refractivity (Wildman–Crippen MR) is 189 cm³/mol. The number of piperidine rings is 1. The maximum Gasteiger partial charge on any atom is 0.344 e. The molecule has 0 aliphatic carbocycles. The quantitative estimate of drug-likeness (QED) is 0.140. The minimum Gasteiger partial charge on any atom is -0.478 e. The van der Waals surface area contributed by atoms with Crippen LogP contribution in [0.5, 0.6) is 5.88 Å². The van der Waals surface area contributed by atoms with Gasteiger partial charge in [0.15, 0.2) is 0 Å². The second-order valence-corrected chi connectivity index (χ2v) is 14.6. The molecule has 2 aliphatic rings. The molecule has 4 aromatic rings. The van der Waals surface area contributed by atoms with Crippen LogP contribution >= 0.6 is 0 Å². The Morgan fingerprint density at radius 3 is 2.31 bits per heavy atom. The van der Waals surface area contributed by atoms with Gasteiger partial charge in [0.2, 0.25) is 5.88 Å². The van der Waals surface area contributed by atoms with Crippen LogP contribution in [-0.4, -0.2) is 73.5 Å². The Bertz CT molecular complexity index is 1830. The van der Waals surface area contributed by atoms with Gasteiger partial charge in [-0.25, -0.2) is 9.59 Å². The van der Waals surface area contributed by atoms with Crippen molar-refractivity contribution in [2.24, 2.45) is 11.8 Å². The highest BCUT2D eigenvalue weighted by atomic mass is 32.2. The third kappa shape index (κ3) is 9.93. The Morgan fingerprint density at radius 1 is 0.918 bits per heavy atom. The van der Waals surface area contributed by atoms with Gasteiger partial charge in [0, 0.05) is 18.5 Å². The number of aryl methyl sites for hydroxylation is 1. The van der Waals surface area contributed by atoms with Gasteiger partial charge in [0.25, 0.3) is 10.1 Å². The molecular formula is C38H46N2O8S. The first-order chi connectivity index (χ1) is 23.5. The van der Waals surface area contributed by atoms with Crippen LogP contribution in [0.15, 0.2) is 72.8 Å². The Hall–Kier alpha value is -4.19. The molecule has 0 bridgehead atoms. The molecule has 11 heteroatoms. The number of carbonyl (C=O) groups is 2. The summed E-state index contributed by atoms with van der Waals surface area (Å²) >= 11 is 0. The Morgan fingerprint density at radius 2 is 1.59 bits per heavy atom. The summed E-state index contributed by atoms with van der Waals surface area (Å²) in [6.45, 7) is 9.37. The van der Waals surface area contributed by atoms with Crippen LogP contribution in [0.1, 0.15) is 65.8 Å². The zero-order valence-corrected chi connectivity index (χ0v) is 29.3. The average molecular weight is 691 g/mol. The van der Waals surface area contributed by atoms with Gasteiger partial charge in [-0.3, -0.25) is 9.45 Å². The van der Waals surface area contributed by atoms with Gasteiger partial charge in [-0.2, -0.15) is 8.42 Å². The van der Waals surface area contributed by atoms with Crippen LogP contribution in [0, 0.1) is 11.8 Å². The average Bonchev–Trinajstić information content (AvgIpc) is 3.42. The molecule has 1 fully saturated rings. The van der Waals surface area contributed by atoms with Crippen LogP contribution in [0.2, 0.25) is 0 Å². The van der Waals surface area contributed by atoms with E-state index in [0.717, 1.165) is 73.9 Å². The van der Waals surface area contributed by atoms with E-state index < -0.39 is 10.1 Å². The molecular weight excluding hydrogens is 644 g/mol. The fourth-order valence-corrected chi connectivity index (χ4v) is 6.24. The van der Waals surface area contributed by atoms with E-state index in [1.807, 2.05) is 48.5 Å². The second kappa shape index (κ2) is 16.5. The molecule has 0 atom stereocenters. The van der Waals surface area contributed by atoms with Crippen molar-refractivity contribution in [3.63, 3.8) is 0 Å². The summed E-state index contributed by atoms with van der Waals surface area (Å²) < 4.78 is 45.3. The van der Waals surface area contributed by atoms with Crippen LogP contribution in [-0.2, 0) is 32.7 Å². The van der Waals surface area contributed by atoms with Crippen LogP contribution < -0.4 is 4.74 Å². The number of benzene rings is 3. The summed E-state index contributed by atoms with van der Waals surface area (Å²) in [5, 5.41) is 0.903. The molecule has 3 aromatic carbocycles. The number of hydrogen-bond acceptors (Lipinski definition) is 8. The van der Waals surface area contributed by atoms with E-state index in [9.17, 15) is 18.0 Å². The summed E-state index contributed by atoms with van der Waals surface area (Å²) in [5.41, 5.74) is 5.33. The molecule has 0 saturated carbocycles. The number of hydrogen-bond donors (Lipinski definition) is 1. The van der Waals surface area contributed by atoms with Crippen LogP contribution in [0.3, 0.4) is 0 Å². The summed E-state index contributed by atoms with van der Waals surface area (Å²) in [6, 6.07) is 24.1. The molecule has 1 saturated heterocycles. The molecule has 49 heavy (non-hydrogen) atoms. The molecule has 0 amide bonds. The van der Waals surface area contributed by atoms with Crippen LogP contribution in [0.25, 0.3) is 22.0 Å². The number of ether oxygens (including phenoxy) is 3. The number of likely N-dealkylation sites (tertiary alicyclic amines) is 1. The van der Waals surface area contributed by atoms with E-state index in [1.54, 1.807) is 0 Å². The summed E-state index contributed by atoms with van der Waals surface area (Å²) in [6.07, 6.45) is 4.48. The number of nitrogens with zero attached hydrogens (tertiary/aromatic N) is 2. The van der Waals surface area contributed by atoms with Crippen molar-refractivity contribution in [2.75, 3.05) is 39.2 Å². The van der Waals surface area contributed by atoms with Gasteiger partial charge < -0.3 is 18.8 Å². The lowest BCUT2D eigenvalue weighted by atomic mass is 9.96. The number of para-hydroxylation sites is 1. The molecule has 3 heterocycles. The van der Waals surface area contributed by atoms with Crippen molar-refractivity contribution >= 4 is 33.0 Å². The first-order valence-electron chi connectivity index (χ1n) is 16.9. The van der Waals surface area contributed by atoms with E-state index >= 15 is 0 Å². The van der Waals surface area contributed by atoms with E-state index in [1.165, 1.54) is 5.56 Å². The largest absolute Gasteiger partial charge is 0.478 e. The molecule has 10 nitrogen and oxygen atoms in total. The lowest BCUT2D eigenvalue weighted by Gasteiger charge is -2.31. The van der Waals surface area contributed by atoms with Gasteiger partial charge in [-0.15, -0.1) is 0 Å². The van der Waals surface area contributed by atoms with Gasteiger partial charge in [-0.1, -0.05) is 74.5 Å². The monoisotopic (exact) mass is 690 g/mol. The number of aromatic nitrogens is 1. The van der Waals surface area contributed by atoms with Crippen LogP contribution in [0.4, 0.5) is 0 Å². The zero-order valence-electron chi connectivity index (χ0n) is 28.5. The molecule has 1 aromatic heterocycles. The number of esters is 2. The molecule has 1 N–H and O–H groups in total. The molecule has 0 unspecified atom stereocenters. The third-order valence-electron chi connectivity index (χ3n) is 8.80. The second-order valence-electron chi connectivity index (χ2n) is 13.2. The lowest BCUT2D eigenvalue weighted by molar-refractivity contribution is 0.0364. The Kier molecular flexibility index (Phi) is 12.1. The fourth-order valence-electron chi connectivity index (χ4n) is 6.24. The highest BCUT2D eigenvalue weighted by Gasteiger charge is 2.28. The molecule has 0 spiro atoms. The van der Waals surface area contributed by atoms with E-state index in [4.69, 9.17) is 18.8 Å². The van der Waals surface area contributed by atoms with Gasteiger partial charge in [-0.05, 0) is 79.4 Å². The Labute approximate surface area is 288 Å². The third-order valence-corrected chi connectivity index (χ3v) is 8.80. The molecule has 6 rings (SSSR count). The van der Waals surface area contributed by atoms with Gasteiger partial charge in [0.1, 0.15) is 5.56 Å².